The van der Waals surface area contributed by atoms with Gasteiger partial charge in [-0.15, -0.1) is 0 Å². The van der Waals surface area contributed by atoms with Crippen LogP contribution in [0.25, 0.3) is 5.69 Å². The quantitative estimate of drug-likeness (QED) is 0.256. The highest BCUT2D eigenvalue weighted by atomic mass is 32.1. The van der Waals surface area contributed by atoms with Crippen molar-refractivity contribution in [3.63, 3.8) is 0 Å². The van der Waals surface area contributed by atoms with Crippen LogP contribution in [0.4, 0.5) is 5.69 Å². The summed E-state index contributed by atoms with van der Waals surface area (Å²) in [4.78, 5) is 6.78. The third-order valence-corrected chi connectivity index (χ3v) is 6.72. The number of hydrogen-bond donors (Lipinski definition) is 2. The predicted octanol–water partition coefficient (Wildman–Crippen LogP) is 6.55. The number of thiocarbonyl (C=S) groups is 1. The number of nitrogens with one attached hydrogen (secondary N) is 1. The van der Waals surface area contributed by atoms with Crippen molar-refractivity contribution >= 4 is 23.0 Å². The maximum atomic E-state index is 9.80. The molecule has 0 amide bonds. The lowest BCUT2D eigenvalue weighted by Crippen LogP contribution is -2.30. The summed E-state index contributed by atoms with van der Waals surface area (Å²) >= 11 is 5.88. The van der Waals surface area contributed by atoms with Crippen molar-refractivity contribution in [3.8, 4) is 22.9 Å². The summed E-state index contributed by atoms with van der Waals surface area (Å²) in [5.41, 5.74) is 3.83. The summed E-state index contributed by atoms with van der Waals surface area (Å²) in [5, 5.41) is 13.9. The lowest BCUT2D eigenvalue weighted by molar-refractivity contribution is 0.475. The van der Waals surface area contributed by atoms with E-state index in [2.05, 4.69) is 25.8 Å². The van der Waals surface area contributed by atoms with Gasteiger partial charge in [0.15, 0.2) is 5.11 Å². The second-order valence-corrected chi connectivity index (χ2v) is 9.11. The molecular formula is C30H24N4O2S. The Bertz CT molecular complexity index is 1500. The summed E-state index contributed by atoms with van der Waals surface area (Å²) in [6.07, 6.45) is 3.82. The normalized spacial score (nSPS) is 17.0. The van der Waals surface area contributed by atoms with E-state index < -0.39 is 0 Å². The number of hydrogen-bond acceptors (Lipinski definition) is 4. The molecule has 3 heterocycles. The standard InChI is InChI=1S/C30H24N4O2S/c35-23-15-11-21(12-16-23)33-20-6-10-27(33)29-28(26-9-4-5-19-31-26)32-30(37)34(29)22-13-17-25(18-14-22)36-24-7-2-1-3-8-24/h1-20,28-29,35H,(H,32,37)/t28-,29+/m0/s1. The minimum atomic E-state index is -0.174. The van der Waals surface area contributed by atoms with Crippen LogP contribution in [0.15, 0.2) is 122 Å². The second kappa shape index (κ2) is 9.79. The number of para-hydroxylation sites is 1. The second-order valence-electron chi connectivity index (χ2n) is 8.73. The summed E-state index contributed by atoms with van der Waals surface area (Å²) in [5.74, 6) is 1.76. The van der Waals surface area contributed by atoms with Crippen LogP contribution in [0, 0.1) is 0 Å². The van der Waals surface area contributed by atoms with Crippen LogP contribution in [0.1, 0.15) is 23.5 Å². The van der Waals surface area contributed by atoms with E-state index in [0.29, 0.717) is 5.11 Å². The zero-order chi connectivity index (χ0) is 25.2. The molecule has 6 nitrogen and oxygen atoms in total. The molecule has 182 valence electrons. The molecule has 6 rings (SSSR count). The fourth-order valence-electron chi connectivity index (χ4n) is 4.72. The van der Waals surface area contributed by atoms with E-state index in [1.807, 2.05) is 97.2 Å². The molecule has 1 aliphatic rings. The van der Waals surface area contributed by atoms with Crippen LogP contribution in [0.5, 0.6) is 17.2 Å². The fraction of sp³-hybridized carbons (Fsp3) is 0.0667. The van der Waals surface area contributed by atoms with E-state index in [1.165, 1.54) is 0 Å². The Morgan fingerprint density at radius 3 is 2.19 bits per heavy atom. The average molecular weight is 505 g/mol. The summed E-state index contributed by atoms with van der Waals surface area (Å²) < 4.78 is 8.12. The molecule has 0 saturated carbocycles. The molecular weight excluding hydrogens is 480 g/mol. The number of anilines is 1. The molecule has 0 spiro atoms. The van der Waals surface area contributed by atoms with Crippen molar-refractivity contribution in [3.05, 3.63) is 133 Å². The predicted molar refractivity (Wildman–Crippen MR) is 148 cm³/mol. The zero-order valence-electron chi connectivity index (χ0n) is 19.8. The van der Waals surface area contributed by atoms with Crippen LogP contribution >= 0.6 is 12.2 Å². The molecule has 1 aliphatic heterocycles. The van der Waals surface area contributed by atoms with Gasteiger partial charge in [-0.05, 0) is 97.1 Å². The van der Waals surface area contributed by atoms with Gasteiger partial charge in [-0.3, -0.25) is 4.98 Å². The van der Waals surface area contributed by atoms with E-state index >= 15 is 0 Å². The third kappa shape index (κ3) is 4.52. The molecule has 2 aromatic heterocycles. The largest absolute Gasteiger partial charge is 0.508 e. The maximum Gasteiger partial charge on any atom is 0.174 e. The minimum Gasteiger partial charge on any atom is -0.508 e. The van der Waals surface area contributed by atoms with E-state index in [0.717, 1.165) is 34.3 Å². The lowest BCUT2D eigenvalue weighted by atomic mass is 10.0. The summed E-state index contributed by atoms with van der Waals surface area (Å²) in [6.45, 7) is 0. The molecule has 0 radical (unpaired) electrons. The maximum absolute atomic E-state index is 9.80. The molecule has 0 aliphatic carbocycles. The monoisotopic (exact) mass is 504 g/mol. The van der Waals surface area contributed by atoms with Gasteiger partial charge in [0.05, 0.1) is 11.7 Å². The van der Waals surface area contributed by atoms with Gasteiger partial charge in [0.25, 0.3) is 0 Å². The van der Waals surface area contributed by atoms with Crippen LogP contribution in [-0.4, -0.2) is 19.8 Å². The van der Waals surface area contributed by atoms with Crippen molar-refractivity contribution in [2.24, 2.45) is 0 Å². The highest BCUT2D eigenvalue weighted by molar-refractivity contribution is 7.80. The number of pyridine rings is 1. The Morgan fingerprint density at radius 1 is 0.757 bits per heavy atom. The smallest absolute Gasteiger partial charge is 0.174 e. The molecule has 1 fully saturated rings. The number of ether oxygens (including phenoxy) is 1. The van der Waals surface area contributed by atoms with Crippen molar-refractivity contribution in [1.29, 1.82) is 0 Å². The SMILES string of the molecule is Oc1ccc(-n2cccc2[C@@H]2[C@H](c3ccccn3)NC(=S)N2c2ccc(Oc3ccccc3)cc2)cc1. The molecule has 7 heteroatoms. The molecule has 0 unspecified atom stereocenters. The molecule has 0 bridgehead atoms. The topological polar surface area (TPSA) is 62.5 Å². The van der Waals surface area contributed by atoms with E-state index in [1.54, 1.807) is 18.3 Å². The number of aromatic nitrogens is 2. The van der Waals surface area contributed by atoms with Crippen molar-refractivity contribution in [2.75, 3.05) is 4.90 Å². The first-order valence-corrected chi connectivity index (χ1v) is 12.4. The van der Waals surface area contributed by atoms with Gasteiger partial charge in [-0.25, -0.2) is 0 Å². The Balaban J connectivity index is 1.40. The van der Waals surface area contributed by atoms with E-state index in [4.69, 9.17) is 17.0 Å². The van der Waals surface area contributed by atoms with Crippen LogP contribution in [0.3, 0.4) is 0 Å². The van der Waals surface area contributed by atoms with Gasteiger partial charge in [0, 0.05) is 29.5 Å². The third-order valence-electron chi connectivity index (χ3n) is 6.40. The minimum absolute atomic E-state index is 0.167. The average Bonchev–Trinajstić information content (AvgIpc) is 3.55. The van der Waals surface area contributed by atoms with Crippen LogP contribution in [0.2, 0.25) is 0 Å². The Labute approximate surface area is 220 Å². The van der Waals surface area contributed by atoms with Crippen LogP contribution in [-0.2, 0) is 0 Å². The number of benzene rings is 3. The first-order chi connectivity index (χ1) is 18.2. The Kier molecular flexibility index (Phi) is 6.04. The lowest BCUT2D eigenvalue weighted by Gasteiger charge is -2.29. The summed E-state index contributed by atoms with van der Waals surface area (Å²) in [6, 6.07) is 34.5. The van der Waals surface area contributed by atoms with Gasteiger partial charge in [0.1, 0.15) is 23.3 Å². The van der Waals surface area contributed by atoms with Crippen molar-refractivity contribution in [2.45, 2.75) is 12.1 Å². The number of rotatable bonds is 6. The number of phenols is 1. The first-order valence-electron chi connectivity index (χ1n) is 12.0. The molecule has 5 aromatic rings. The van der Waals surface area contributed by atoms with E-state index in [9.17, 15) is 5.11 Å². The highest BCUT2D eigenvalue weighted by Crippen LogP contribution is 2.42. The number of aromatic hydroxyl groups is 1. The number of nitrogens with zero attached hydrogens (tertiary/aromatic N) is 3. The van der Waals surface area contributed by atoms with Gasteiger partial charge >= 0.3 is 0 Å². The molecule has 37 heavy (non-hydrogen) atoms. The van der Waals surface area contributed by atoms with Crippen LogP contribution < -0.4 is 15.0 Å². The zero-order valence-corrected chi connectivity index (χ0v) is 20.6. The van der Waals surface area contributed by atoms with E-state index in [-0.39, 0.29) is 17.8 Å². The Hall–Kier alpha value is -4.62. The Morgan fingerprint density at radius 2 is 1.46 bits per heavy atom. The summed E-state index contributed by atoms with van der Waals surface area (Å²) in [7, 11) is 0. The molecule has 2 atom stereocenters. The van der Waals surface area contributed by atoms with Gasteiger partial charge in [-0.2, -0.15) is 0 Å². The van der Waals surface area contributed by atoms with Gasteiger partial charge in [0.2, 0.25) is 0 Å². The molecule has 3 aromatic carbocycles. The van der Waals surface area contributed by atoms with Crippen molar-refractivity contribution in [1.82, 2.24) is 14.9 Å². The van der Waals surface area contributed by atoms with Gasteiger partial charge in [-0.1, -0.05) is 24.3 Å². The first kappa shape index (κ1) is 22.8. The van der Waals surface area contributed by atoms with Crippen molar-refractivity contribution < 1.29 is 9.84 Å². The highest BCUT2D eigenvalue weighted by Gasteiger charge is 2.42. The van der Waals surface area contributed by atoms with Gasteiger partial charge < -0.3 is 24.6 Å². The fourth-order valence-corrected chi connectivity index (χ4v) is 5.06. The number of phenolic OH excluding ortho intramolecular Hbond substituents is 1. The molecule has 1 saturated heterocycles. The molecule has 2 N–H and O–H groups in total.